The maximum absolute atomic E-state index is 13.5. The number of aromatic nitrogens is 1. The molecule has 0 saturated carbocycles. The number of nitrogens with zero attached hydrogens (tertiary/aromatic N) is 3. The Morgan fingerprint density at radius 1 is 1.14 bits per heavy atom. The second kappa shape index (κ2) is 10.5. The van der Waals surface area contributed by atoms with Crippen molar-refractivity contribution in [3.05, 3.63) is 73.6 Å². The summed E-state index contributed by atoms with van der Waals surface area (Å²) >= 11 is 1.02. The molecule has 1 fully saturated rings. The topological polar surface area (TPSA) is 84.6 Å². The summed E-state index contributed by atoms with van der Waals surface area (Å²) in [6.07, 6.45) is 3.29. The molecule has 0 unspecified atom stereocenters. The van der Waals surface area contributed by atoms with Gasteiger partial charge in [0, 0.05) is 13.1 Å². The smallest absolute Gasteiger partial charge is 0.387 e. The lowest BCUT2D eigenvalue weighted by Crippen LogP contribution is -2.35. The van der Waals surface area contributed by atoms with Gasteiger partial charge in [0.1, 0.15) is 10.7 Å². The van der Waals surface area contributed by atoms with Crippen LogP contribution in [0.15, 0.2) is 53.3 Å². The molecule has 1 aliphatic heterocycles. The lowest BCUT2D eigenvalue weighted by molar-refractivity contribution is -0.123. The monoisotopic (exact) mass is 497 g/mol. The molecule has 0 radical (unpaired) electrons. The molecule has 1 aromatic heterocycles. The number of nitriles is 1. The lowest BCUT2D eigenvalue weighted by atomic mass is 10.2. The predicted octanol–water partition coefficient (Wildman–Crippen LogP) is 2.63. The number of amides is 1. The Hall–Kier alpha value is -3.97. The Bertz CT molecular complexity index is 1450. The molecular formula is C25H21F2N3O4S. The molecule has 0 spiro atoms. The van der Waals surface area contributed by atoms with Gasteiger partial charge in [0.25, 0.3) is 11.5 Å². The average Bonchev–Trinajstić information content (AvgIpc) is 3.50. The van der Waals surface area contributed by atoms with Crippen molar-refractivity contribution < 1.29 is 23.0 Å². The van der Waals surface area contributed by atoms with Crippen molar-refractivity contribution >= 4 is 28.9 Å². The third-order valence-corrected chi connectivity index (χ3v) is 6.56. The maximum Gasteiger partial charge on any atom is 0.387 e. The van der Waals surface area contributed by atoms with E-state index in [1.54, 1.807) is 41.3 Å². The van der Waals surface area contributed by atoms with E-state index in [0.717, 1.165) is 24.2 Å². The molecule has 35 heavy (non-hydrogen) atoms. The van der Waals surface area contributed by atoms with Crippen LogP contribution in [0.4, 0.5) is 8.78 Å². The Morgan fingerprint density at radius 3 is 2.49 bits per heavy atom. The fraction of sp³-hybridized carbons (Fsp3) is 0.240. The summed E-state index contributed by atoms with van der Waals surface area (Å²) in [5.74, 6) is -0.463. The third kappa shape index (κ3) is 5.10. The largest absolute Gasteiger partial charge is 0.493 e. The van der Waals surface area contributed by atoms with Gasteiger partial charge < -0.3 is 14.4 Å². The number of hydrogen-bond donors (Lipinski definition) is 0. The highest BCUT2D eigenvalue weighted by atomic mass is 32.1. The van der Waals surface area contributed by atoms with E-state index in [0.29, 0.717) is 24.3 Å². The molecule has 0 N–H and O–H groups in total. The second-order valence-electron chi connectivity index (χ2n) is 7.67. The minimum absolute atomic E-state index is 0.0766. The molecular weight excluding hydrogens is 476 g/mol. The van der Waals surface area contributed by atoms with Gasteiger partial charge >= 0.3 is 6.61 Å². The van der Waals surface area contributed by atoms with Crippen LogP contribution in [0, 0.1) is 11.3 Å². The lowest BCUT2D eigenvalue weighted by Gasteiger charge is -2.14. The quantitative estimate of drug-likeness (QED) is 0.523. The number of thiazole rings is 1. The van der Waals surface area contributed by atoms with Crippen LogP contribution in [-0.2, 0) is 4.79 Å². The number of carbonyl (C=O) groups excluding carboxylic acids is 1. The van der Waals surface area contributed by atoms with E-state index in [1.807, 2.05) is 6.07 Å². The van der Waals surface area contributed by atoms with Gasteiger partial charge in [-0.3, -0.25) is 14.2 Å². The molecule has 2 aromatic carbocycles. The number of para-hydroxylation sites is 1. The number of alkyl halides is 2. The zero-order chi connectivity index (χ0) is 24.9. The molecule has 7 nitrogen and oxygen atoms in total. The van der Waals surface area contributed by atoms with E-state index in [9.17, 15) is 23.6 Å². The number of ether oxygens (including phenoxy) is 2. The first kappa shape index (κ1) is 24.2. The molecule has 0 aliphatic carbocycles. The van der Waals surface area contributed by atoms with Crippen molar-refractivity contribution in [1.29, 1.82) is 5.26 Å². The summed E-state index contributed by atoms with van der Waals surface area (Å²) in [4.78, 5) is 28.2. The fourth-order valence-electron chi connectivity index (χ4n) is 3.85. The van der Waals surface area contributed by atoms with Crippen molar-refractivity contribution in [1.82, 2.24) is 9.47 Å². The van der Waals surface area contributed by atoms with E-state index in [-0.39, 0.29) is 26.3 Å². The molecule has 4 rings (SSSR count). The van der Waals surface area contributed by atoms with Gasteiger partial charge in [0.15, 0.2) is 17.1 Å². The van der Waals surface area contributed by atoms with Crippen LogP contribution < -0.4 is 24.2 Å². The summed E-state index contributed by atoms with van der Waals surface area (Å²) in [7, 11) is 1.32. The Kier molecular flexibility index (Phi) is 7.27. The number of methoxy groups -OCH3 is 1. The van der Waals surface area contributed by atoms with Crippen LogP contribution in [-0.4, -0.2) is 42.2 Å². The molecule has 1 aliphatic rings. The molecule has 0 bridgehead atoms. The highest BCUT2D eigenvalue weighted by molar-refractivity contribution is 7.07. The number of carbonyl (C=O) groups is 1. The van der Waals surface area contributed by atoms with Gasteiger partial charge in [-0.25, -0.2) is 0 Å². The molecule has 2 heterocycles. The van der Waals surface area contributed by atoms with Crippen LogP contribution >= 0.6 is 11.3 Å². The minimum atomic E-state index is -3.01. The van der Waals surface area contributed by atoms with E-state index in [4.69, 9.17) is 4.74 Å². The first-order valence-corrected chi connectivity index (χ1v) is 11.6. The van der Waals surface area contributed by atoms with Crippen LogP contribution in [0.2, 0.25) is 0 Å². The Labute approximate surface area is 203 Å². The van der Waals surface area contributed by atoms with Gasteiger partial charge in [0.05, 0.1) is 17.3 Å². The normalized spacial score (nSPS) is 14.7. The molecule has 180 valence electrons. The molecule has 3 aromatic rings. The predicted molar refractivity (Wildman–Crippen MR) is 127 cm³/mol. The first-order valence-electron chi connectivity index (χ1n) is 10.8. The standard InChI is InChI=1S/C25H21F2N3O4S/c1-33-20-13-16(9-10-19(20)34-25(26)27)14-21-23(32)30(17-7-3-2-4-8-17)24(35-21)18(15-28)22(31)29-11-5-6-12-29/h2-4,7-10,13-14,25H,5-6,11-12H2,1H3. The van der Waals surface area contributed by atoms with Crippen molar-refractivity contribution in [3.63, 3.8) is 0 Å². The summed E-state index contributed by atoms with van der Waals surface area (Å²) in [5.41, 5.74) is 0.502. The number of hydrogen-bond acceptors (Lipinski definition) is 6. The molecule has 1 amide bonds. The third-order valence-electron chi connectivity index (χ3n) is 5.47. The summed E-state index contributed by atoms with van der Waals surface area (Å²) in [6.45, 7) is -1.88. The van der Waals surface area contributed by atoms with Crippen molar-refractivity contribution in [2.75, 3.05) is 20.2 Å². The van der Waals surface area contributed by atoms with Gasteiger partial charge in [-0.15, -0.1) is 11.3 Å². The zero-order valence-corrected chi connectivity index (χ0v) is 19.6. The summed E-state index contributed by atoms with van der Waals surface area (Å²) < 4.78 is 36.7. The number of rotatable bonds is 6. The van der Waals surface area contributed by atoms with Crippen molar-refractivity contribution in [2.24, 2.45) is 0 Å². The Morgan fingerprint density at radius 2 is 1.86 bits per heavy atom. The van der Waals surface area contributed by atoms with Gasteiger partial charge in [-0.1, -0.05) is 24.3 Å². The number of halogens is 2. The van der Waals surface area contributed by atoms with Crippen LogP contribution in [0.3, 0.4) is 0 Å². The van der Waals surface area contributed by atoms with E-state index in [2.05, 4.69) is 4.74 Å². The zero-order valence-electron chi connectivity index (χ0n) is 18.7. The first-order chi connectivity index (χ1) is 16.9. The average molecular weight is 498 g/mol. The number of benzene rings is 2. The van der Waals surface area contributed by atoms with Crippen LogP contribution in [0.5, 0.6) is 11.5 Å². The fourth-order valence-corrected chi connectivity index (χ4v) is 4.94. The van der Waals surface area contributed by atoms with Crippen molar-refractivity contribution in [2.45, 2.75) is 19.5 Å². The highest BCUT2D eigenvalue weighted by Crippen LogP contribution is 2.29. The van der Waals surface area contributed by atoms with Crippen LogP contribution in [0.25, 0.3) is 17.3 Å². The Balaban J connectivity index is 1.93. The minimum Gasteiger partial charge on any atom is -0.493 e. The van der Waals surface area contributed by atoms with E-state index < -0.39 is 18.1 Å². The van der Waals surface area contributed by atoms with Crippen LogP contribution in [0.1, 0.15) is 18.4 Å². The molecule has 1 saturated heterocycles. The summed E-state index contributed by atoms with van der Waals surface area (Å²) in [5, 5.41) is 9.90. The number of likely N-dealkylation sites (tertiary alicyclic amines) is 1. The molecule has 0 atom stereocenters. The van der Waals surface area contributed by atoms with Gasteiger partial charge in [-0.2, -0.15) is 14.0 Å². The second-order valence-corrected chi connectivity index (χ2v) is 8.70. The summed E-state index contributed by atoms with van der Waals surface area (Å²) in [6, 6.07) is 15.1. The van der Waals surface area contributed by atoms with Gasteiger partial charge in [0.2, 0.25) is 0 Å². The molecule has 10 heteroatoms. The van der Waals surface area contributed by atoms with E-state index in [1.165, 1.54) is 29.9 Å². The highest BCUT2D eigenvalue weighted by Gasteiger charge is 2.24. The van der Waals surface area contributed by atoms with Gasteiger partial charge in [-0.05, 0) is 48.7 Å². The maximum atomic E-state index is 13.5. The van der Waals surface area contributed by atoms with E-state index >= 15 is 0 Å². The SMILES string of the molecule is COc1cc(C=c2sc(=C(C#N)C(=O)N3CCCC3)n(-c3ccccc3)c2=O)ccc1OC(F)F. The van der Waals surface area contributed by atoms with Crippen molar-refractivity contribution in [3.8, 4) is 23.3 Å².